The van der Waals surface area contributed by atoms with Crippen LogP contribution in [0, 0.1) is 0 Å². The van der Waals surface area contributed by atoms with Gasteiger partial charge in [-0.15, -0.1) is 0 Å². The highest BCUT2D eigenvalue weighted by Gasteiger charge is 2.12. The molecule has 1 aromatic heterocycles. The van der Waals surface area contributed by atoms with E-state index in [1.165, 1.54) is 0 Å². The molecule has 4 aromatic rings. The van der Waals surface area contributed by atoms with Gasteiger partial charge in [0.05, 0.1) is 16.8 Å². The Balaban J connectivity index is 1.75. The zero-order chi connectivity index (χ0) is 18.6. The van der Waals surface area contributed by atoms with E-state index in [1.54, 1.807) is 36.2 Å². The zero-order valence-electron chi connectivity index (χ0n) is 14.3. The Kier molecular flexibility index (Phi) is 4.77. The maximum atomic E-state index is 11.5. The van der Waals surface area contributed by atoms with Gasteiger partial charge < -0.3 is 10.4 Å². The third kappa shape index (κ3) is 3.64. The summed E-state index contributed by atoms with van der Waals surface area (Å²) in [6, 6.07) is 24.9. The first-order valence-corrected chi connectivity index (χ1v) is 9.24. The molecule has 0 saturated heterocycles. The highest BCUT2D eigenvalue weighted by molar-refractivity contribution is 7.99. The molecule has 132 valence electrons. The maximum absolute atomic E-state index is 11.5. The number of para-hydroxylation sites is 2. The molecule has 0 amide bonds. The quantitative estimate of drug-likeness (QED) is 0.462. The van der Waals surface area contributed by atoms with Gasteiger partial charge in [0.25, 0.3) is 0 Å². The first kappa shape index (κ1) is 17.1. The zero-order valence-corrected chi connectivity index (χ0v) is 15.1. The molecular weight excluding hydrogens is 356 g/mol. The molecule has 0 spiro atoms. The monoisotopic (exact) mass is 372 g/mol. The van der Waals surface area contributed by atoms with Crippen LogP contribution in [0.2, 0.25) is 0 Å². The van der Waals surface area contributed by atoms with Gasteiger partial charge in [-0.2, -0.15) is 0 Å². The van der Waals surface area contributed by atoms with Crippen molar-refractivity contribution >= 4 is 40.0 Å². The molecule has 0 saturated carbocycles. The number of carbonyl (C=O) groups is 1. The summed E-state index contributed by atoms with van der Waals surface area (Å²) in [7, 11) is 0. The van der Waals surface area contributed by atoms with E-state index in [1.807, 2.05) is 48.5 Å². The molecular formula is C22H16N2O2S. The van der Waals surface area contributed by atoms with Crippen LogP contribution < -0.4 is 5.32 Å². The van der Waals surface area contributed by atoms with E-state index in [4.69, 9.17) is 0 Å². The Hall–Kier alpha value is -3.31. The van der Waals surface area contributed by atoms with Crippen LogP contribution in [0.4, 0.5) is 11.4 Å². The predicted molar refractivity (Wildman–Crippen MR) is 109 cm³/mol. The van der Waals surface area contributed by atoms with Crippen LogP contribution in [-0.2, 0) is 0 Å². The summed E-state index contributed by atoms with van der Waals surface area (Å²) in [6.45, 7) is 0. The molecule has 0 bridgehead atoms. The van der Waals surface area contributed by atoms with Gasteiger partial charge in [-0.25, -0.2) is 4.79 Å². The SMILES string of the molecule is O=C(O)c1ccccc1Nc1ccnc2c(Sc3ccccc3)cccc12. The van der Waals surface area contributed by atoms with Crippen molar-refractivity contribution in [2.75, 3.05) is 5.32 Å². The lowest BCUT2D eigenvalue weighted by molar-refractivity contribution is 0.0698. The lowest BCUT2D eigenvalue weighted by Gasteiger charge is -2.13. The van der Waals surface area contributed by atoms with E-state index in [0.717, 1.165) is 26.4 Å². The van der Waals surface area contributed by atoms with Gasteiger partial charge in [0, 0.05) is 27.1 Å². The number of carboxylic acid groups (broad SMARTS) is 1. The van der Waals surface area contributed by atoms with Crippen LogP contribution >= 0.6 is 11.8 Å². The summed E-state index contributed by atoms with van der Waals surface area (Å²) in [4.78, 5) is 18.2. The minimum atomic E-state index is -0.961. The molecule has 0 fully saturated rings. The second kappa shape index (κ2) is 7.51. The van der Waals surface area contributed by atoms with Crippen molar-refractivity contribution in [1.29, 1.82) is 0 Å². The number of pyridine rings is 1. The van der Waals surface area contributed by atoms with Crippen LogP contribution in [-0.4, -0.2) is 16.1 Å². The predicted octanol–water partition coefficient (Wildman–Crippen LogP) is 5.83. The van der Waals surface area contributed by atoms with E-state index in [-0.39, 0.29) is 5.56 Å². The second-order valence-corrected chi connectivity index (χ2v) is 7.02. The molecule has 0 aliphatic heterocycles. The fourth-order valence-corrected chi connectivity index (χ4v) is 3.83. The number of rotatable bonds is 5. The fraction of sp³-hybridized carbons (Fsp3) is 0. The van der Waals surface area contributed by atoms with Crippen molar-refractivity contribution in [2.45, 2.75) is 9.79 Å². The van der Waals surface area contributed by atoms with Crippen LogP contribution in [0.15, 0.2) is 94.9 Å². The Morgan fingerprint density at radius 3 is 2.44 bits per heavy atom. The third-order valence-electron chi connectivity index (χ3n) is 4.13. The van der Waals surface area contributed by atoms with Crippen molar-refractivity contribution in [3.05, 3.63) is 90.6 Å². The Morgan fingerprint density at radius 2 is 1.63 bits per heavy atom. The summed E-state index contributed by atoms with van der Waals surface area (Å²) in [6.07, 6.45) is 1.74. The fourth-order valence-electron chi connectivity index (χ4n) is 2.88. The molecule has 1 heterocycles. The number of hydrogen-bond donors (Lipinski definition) is 2. The van der Waals surface area contributed by atoms with E-state index >= 15 is 0 Å². The van der Waals surface area contributed by atoms with Crippen molar-refractivity contribution in [3.63, 3.8) is 0 Å². The van der Waals surface area contributed by atoms with E-state index in [2.05, 4.69) is 22.4 Å². The van der Waals surface area contributed by atoms with Gasteiger partial charge in [-0.1, -0.05) is 54.2 Å². The van der Waals surface area contributed by atoms with Crippen molar-refractivity contribution in [3.8, 4) is 0 Å². The standard InChI is InChI=1S/C22H16N2O2S/c25-22(26)17-9-4-5-11-18(17)24-19-13-14-23-21-16(19)10-6-12-20(21)27-15-7-2-1-3-8-15/h1-14H,(H,23,24)(H,25,26). The number of anilines is 2. The average molecular weight is 372 g/mol. The lowest BCUT2D eigenvalue weighted by Crippen LogP contribution is -2.02. The molecule has 4 rings (SSSR count). The van der Waals surface area contributed by atoms with Crippen molar-refractivity contribution < 1.29 is 9.90 Å². The van der Waals surface area contributed by atoms with Crippen molar-refractivity contribution in [2.24, 2.45) is 0 Å². The highest BCUT2D eigenvalue weighted by Crippen LogP contribution is 2.35. The summed E-state index contributed by atoms with van der Waals surface area (Å²) in [5.74, 6) is -0.961. The van der Waals surface area contributed by atoms with Crippen LogP contribution in [0.25, 0.3) is 10.9 Å². The summed E-state index contributed by atoms with van der Waals surface area (Å²) >= 11 is 1.66. The normalized spacial score (nSPS) is 10.7. The average Bonchev–Trinajstić information content (AvgIpc) is 2.70. The smallest absolute Gasteiger partial charge is 0.337 e. The molecule has 0 unspecified atom stereocenters. The lowest BCUT2D eigenvalue weighted by atomic mass is 10.1. The van der Waals surface area contributed by atoms with E-state index in [0.29, 0.717) is 5.69 Å². The van der Waals surface area contributed by atoms with Gasteiger partial charge in [-0.3, -0.25) is 4.98 Å². The van der Waals surface area contributed by atoms with E-state index in [9.17, 15) is 9.90 Å². The van der Waals surface area contributed by atoms with Crippen LogP contribution in [0.1, 0.15) is 10.4 Å². The molecule has 0 aliphatic rings. The van der Waals surface area contributed by atoms with Gasteiger partial charge in [0.15, 0.2) is 0 Å². The van der Waals surface area contributed by atoms with Crippen LogP contribution in [0.3, 0.4) is 0 Å². The number of fused-ring (bicyclic) bond motifs is 1. The Bertz CT molecular complexity index is 1110. The third-order valence-corrected chi connectivity index (χ3v) is 5.19. The molecule has 4 nitrogen and oxygen atoms in total. The number of nitrogens with one attached hydrogen (secondary N) is 1. The molecule has 0 radical (unpaired) electrons. The largest absolute Gasteiger partial charge is 0.478 e. The number of benzene rings is 3. The molecule has 3 aromatic carbocycles. The van der Waals surface area contributed by atoms with Gasteiger partial charge in [0.2, 0.25) is 0 Å². The molecule has 27 heavy (non-hydrogen) atoms. The summed E-state index contributed by atoms with van der Waals surface area (Å²) < 4.78 is 0. The number of hydrogen-bond acceptors (Lipinski definition) is 4. The number of carboxylic acids is 1. The maximum Gasteiger partial charge on any atom is 0.337 e. The second-order valence-electron chi connectivity index (χ2n) is 5.90. The highest BCUT2D eigenvalue weighted by atomic mass is 32.2. The van der Waals surface area contributed by atoms with Crippen LogP contribution in [0.5, 0.6) is 0 Å². The molecule has 5 heteroatoms. The minimum absolute atomic E-state index is 0.234. The van der Waals surface area contributed by atoms with Gasteiger partial charge >= 0.3 is 5.97 Å². The Morgan fingerprint density at radius 1 is 0.852 bits per heavy atom. The number of nitrogens with zero attached hydrogens (tertiary/aromatic N) is 1. The van der Waals surface area contributed by atoms with Crippen molar-refractivity contribution in [1.82, 2.24) is 4.98 Å². The first-order valence-electron chi connectivity index (χ1n) is 8.42. The number of aromatic carboxylic acids is 1. The molecule has 2 N–H and O–H groups in total. The molecule has 0 aliphatic carbocycles. The summed E-state index contributed by atoms with van der Waals surface area (Å²) in [5.41, 5.74) is 2.49. The first-order chi connectivity index (χ1) is 13.2. The Labute approximate surface area is 160 Å². The number of aromatic nitrogens is 1. The van der Waals surface area contributed by atoms with E-state index < -0.39 is 5.97 Å². The van der Waals surface area contributed by atoms with Gasteiger partial charge in [-0.05, 0) is 36.4 Å². The topological polar surface area (TPSA) is 62.2 Å². The molecule has 0 atom stereocenters. The summed E-state index contributed by atoms with van der Waals surface area (Å²) in [5, 5.41) is 13.6. The minimum Gasteiger partial charge on any atom is -0.478 e. The van der Waals surface area contributed by atoms with Gasteiger partial charge in [0.1, 0.15) is 0 Å².